The number of nitrogens with zero attached hydrogens (tertiary/aromatic N) is 2. The maximum atomic E-state index is 12.0. The van der Waals surface area contributed by atoms with E-state index in [0.717, 1.165) is 11.1 Å². The minimum atomic E-state index is -0.459. The van der Waals surface area contributed by atoms with Crippen molar-refractivity contribution in [3.63, 3.8) is 0 Å². The molecule has 4 aromatic carbocycles. The van der Waals surface area contributed by atoms with Crippen molar-refractivity contribution in [3.8, 4) is 35.1 Å². The van der Waals surface area contributed by atoms with Gasteiger partial charge >= 0.3 is 0 Å². The van der Waals surface area contributed by atoms with Gasteiger partial charge in [-0.25, -0.2) is 0 Å². The number of halogens is 1. The third kappa shape index (κ3) is 15.9. The van der Waals surface area contributed by atoms with Crippen LogP contribution in [0.25, 0.3) is 12.2 Å². The fourth-order valence-corrected chi connectivity index (χ4v) is 3.66. The highest BCUT2D eigenvalue weighted by Gasteiger charge is 2.07. The topological polar surface area (TPSA) is 204 Å². The van der Waals surface area contributed by atoms with Crippen molar-refractivity contribution in [2.24, 2.45) is 0 Å². The molecular formula is C38H35FN4O7. The molecule has 0 bridgehead atoms. The highest BCUT2D eigenvalue weighted by Crippen LogP contribution is 2.26. The summed E-state index contributed by atoms with van der Waals surface area (Å²) in [4.78, 5) is 32.8. The minimum absolute atomic E-state index is 0. The van der Waals surface area contributed by atoms with Crippen molar-refractivity contribution >= 4 is 30.3 Å². The van der Waals surface area contributed by atoms with Crippen LogP contribution in [0.5, 0.6) is 23.0 Å². The summed E-state index contributed by atoms with van der Waals surface area (Å²) >= 11 is 0. The number of carbonyl (C=O) groups excluding carboxylic acids is 3. The zero-order chi connectivity index (χ0) is 35.9. The number of hydrogen-bond donors (Lipinski definition) is 6. The van der Waals surface area contributed by atoms with E-state index in [4.69, 9.17) is 20.7 Å². The number of amides is 2. The molecule has 0 saturated heterocycles. The summed E-state index contributed by atoms with van der Waals surface area (Å²) < 4.78 is 0. The van der Waals surface area contributed by atoms with Crippen LogP contribution >= 0.6 is 0 Å². The Kier molecular flexibility index (Phi) is 18.9. The summed E-state index contributed by atoms with van der Waals surface area (Å²) in [6.45, 7) is 0.829. The quantitative estimate of drug-likeness (QED) is 0.0408. The molecule has 0 aliphatic heterocycles. The molecular weight excluding hydrogens is 643 g/mol. The molecule has 11 nitrogen and oxygen atoms in total. The predicted octanol–water partition coefficient (Wildman–Crippen LogP) is 5.56. The first-order valence-corrected chi connectivity index (χ1v) is 14.6. The average Bonchev–Trinajstić information content (AvgIpc) is 3.12. The van der Waals surface area contributed by atoms with Crippen LogP contribution in [-0.2, 0) is 27.5 Å². The van der Waals surface area contributed by atoms with Gasteiger partial charge < -0.3 is 31.1 Å². The molecule has 2 amide bonds. The van der Waals surface area contributed by atoms with E-state index in [-0.39, 0.29) is 45.6 Å². The van der Waals surface area contributed by atoms with Crippen LogP contribution in [0.2, 0.25) is 0 Å². The molecule has 12 heteroatoms. The molecule has 0 saturated carbocycles. The SMILES string of the molecule is F.N#C/C(=C\C=C\c1ccc(O)c(O)c1)C(=O)NCc1ccccc1.N#CCC(=O)NCc1ccccc1.O=C/C=C/c1ccc(O)c(O)c1. The number of phenolic OH excluding ortho intramolecular Hbond substituents is 4. The third-order valence-electron chi connectivity index (χ3n) is 6.15. The number of carbonyl (C=O) groups is 3. The number of aromatic hydroxyl groups is 4. The van der Waals surface area contributed by atoms with Crippen molar-refractivity contribution in [1.29, 1.82) is 10.5 Å². The zero-order valence-corrected chi connectivity index (χ0v) is 26.6. The molecule has 4 rings (SSSR count). The highest BCUT2D eigenvalue weighted by atomic mass is 19.0. The fourth-order valence-electron chi connectivity index (χ4n) is 3.66. The van der Waals surface area contributed by atoms with Gasteiger partial charge in [0, 0.05) is 13.1 Å². The average molecular weight is 679 g/mol. The van der Waals surface area contributed by atoms with E-state index < -0.39 is 5.91 Å². The number of allylic oxidation sites excluding steroid dienone is 3. The number of nitriles is 2. The number of aldehydes is 1. The molecule has 0 unspecified atom stereocenters. The van der Waals surface area contributed by atoms with Gasteiger partial charge in [0.15, 0.2) is 23.0 Å². The van der Waals surface area contributed by atoms with E-state index >= 15 is 0 Å². The van der Waals surface area contributed by atoms with Gasteiger partial charge in [-0.05, 0) is 58.7 Å². The number of benzene rings is 4. The van der Waals surface area contributed by atoms with Gasteiger partial charge in [0.25, 0.3) is 5.91 Å². The standard InChI is InChI=1S/C19H16N2O3.C10H10N2O.C9H8O3.FH/c20-12-16(19(24)21-13-15-5-2-1-3-6-15)8-4-7-14-9-10-17(22)18(23)11-14;11-7-6-10(13)12-8-9-4-2-1-3-5-9;10-5-1-2-7-3-4-8(11)9(12)6-7;/h1-11,22-23H,13H2,(H,21,24);1-5H,6,8H2,(H,12,13);1-6,11-12H;1H/b7-4+,16-8+;;2-1+;. The molecule has 0 spiro atoms. The van der Waals surface area contributed by atoms with Crippen molar-refractivity contribution in [3.05, 3.63) is 143 Å². The summed E-state index contributed by atoms with van der Waals surface area (Å²) in [5.74, 6) is -1.49. The van der Waals surface area contributed by atoms with Gasteiger partial charge in [0.1, 0.15) is 24.3 Å². The summed E-state index contributed by atoms with van der Waals surface area (Å²) in [5, 5.41) is 59.2. The maximum Gasteiger partial charge on any atom is 0.262 e. The van der Waals surface area contributed by atoms with Crippen LogP contribution in [0.4, 0.5) is 4.70 Å². The fraction of sp³-hybridized carbons (Fsp3) is 0.0789. The van der Waals surface area contributed by atoms with Crippen molar-refractivity contribution in [1.82, 2.24) is 10.6 Å². The van der Waals surface area contributed by atoms with E-state index in [0.29, 0.717) is 30.5 Å². The lowest BCUT2D eigenvalue weighted by Crippen LogP contribution is -2.23. The van der Waals surface area contributed by atoms with Crippen LogP contribution in [-0.4, -0.2) is 38.5 Å². The van der Waals surface area contributed by atoms with Gasteiger partial charge in [-0.1, -0.05) is 91.0 Å². The van der Waals surface area contributed by atoms with E-state index in [9.17, 15) is 24.6 Å². The lowest BCUT2D eigenvalue weighted by atomic mass is 10.1. The predicted molar refractivity (Wildman–Crippen MR) is 187 cm³/mol. The normalized spacial score (nSPS) is 10.2. The molecule has 50 heavy (non-hydrogen) atoms. The Morgan fingerprint density at radius 1 is 0.660 bits per heavy atom. The Hall–Kier alpha value is -7.18. The Bertz CT molecular complexity index is 1860. The second kappa shape index (κ2) is 23.2. The molecule has 0 fully saturated rings. The molecule has 256 valence electrons. The Labute approximate surface area is 288 Å². The highest BCUT2D eigenvalue weighted by molar-refractivity contribution is 5.97. The van der Waals surface area contributed by atoms with Gasteiger partial charge in [0.05, 0.1) is 6.07 Å². The monoisotopic (exact) mass is 678 g/mol. The summed E-state index contributed by atoms with van der Waals surface area (Å²) in [6, 6.07) is 31.3. The van der Waals surface area contributed by atoms with Crippen LogP contribution < -0.4 is 10.6 Å². The number of hydrogen-bond acceptors (Lipinski definition) is 9. The maximum absolute atomic E-state index is 12.0. The van der Waals surface area contributed by atoms with Crippen molar-refractivity contribution in [2.45, 2.75) is 19.5 Å². The number of rotatable bonds is 10. The molecule has 6 N–H and O–H groups in total. The van der Waals surface area contributed by atoms with Crippen LogP contribution in [0.1, 0.15) is 28.7 Å². The van der Waals surface area contributed by atoms with Gasteiger partial charge in [-0.15, -0.1) is 0 Å². The molecule has 4 aromatic rings. The van der Waals surface area contributed by atoms with E-state index in [2.05, 4.69) is 10.6 Å². The summed E-state index contributed by atoms with van der Waals surface area (Å²) in [7, 11) is 0. The van der Waals surface area contributed by atoms with E-state index in [1.165, 1.54) is 48.6 Å². The second-order valence-corrected chi connectivity index (χ2v) is 9.81. The Balaban J connectivity index is 0.000000407. The minimum Gasteiger partial charge on any atom is -0.504 e. The first-order chi connectivity index (χ1) is 23.7. The van der Waals surface area contributed by atoms with Crippen molar-refractivity contribution < 1.29 is 39.5 Å². The number of phenols is 4. The van der Waals surface area contributed by atoms with E-state index in [1.54, 1.807) is 24.3 Å². The van der Waals surface area contributed by atoms with Crippen LogP contribution in [0, 0.1) is 22.7 Å². The van der Waals surface area contributed by atoms with E-state index in [1.807, 2.05) is 66.7 Å². The molecule has 0 aliphatic carbocycles. The number of nitrogens with one attached hydrogen (secondary N) is 2. The molecule has 0 heterocycles. The molecule has 0 aromatic heterocycles. The van der Waals surface area contributed by atoms with Crippen LogP contribution in [0.15, 0.2) is 121 Å². The zero-order valence-electron chi connectivity index (χ0n) is 26.6. The third-order valence-corrected chi connectivity index (χ3v) is 6.15. The van der Waals surface area contributed by atoms with Crippen molar-refractivity contribution in [2.75, 3.05) is 0 Å². The second-order valence-electron chi connectivity index (χ2n) is 9.81. The first kappa shape index (κ1) is 40.8. The van der Waals surface area contributed by atoms with Gasteiger partial charge in [-0.2, -0.15) is 10.5 Å². The van der Waals surface area contributed by atoms with Crippen LogP contribution in [0.3, 0.4) is 0 Å². The molecule has 0 aliphatic rings. The lowest BCUT2D eigenvalue weighted by Gasteiger charge is -2.03. The summed E-state index contributed by atoms with van der Waals surface area (Å²) in [5.41, 5.74) is 3.25. The smallest absolute Gasteiger partial charge is 0.262 e. The lowest BCUT2D eigenvalue weighted by molar-refractivity contribution is -0.120. The largest absolute Gasteiger partial charge is 0.504 e. The molecule has 0 atom stereocenters. The Morgan fingerprint density at radius 3 is 1.58 bits per heavy atom. The first-order valence-electron chi connectivity index (χ1n) is 14.6. The van der Waals surface area contributed by atoms with Gasteiger partial charge in [-0.3, -0.25) is 19.1 Å². The van der Waals surface area contributed by atoms with Gasteiger partial charge in [0.2, 0.25) is 5.91 Å². The Morgan fingerprint density at radius 2 is 1.14 bits per heavy atom. The summed E-state index contributed by atoms with van der Waals surface area (Å²) in [6.07, 6.45) is 7.95. The molecule has 0 radical (unpaired) electrons.